The SMILES string of the molecule is O=C(CCC(=O)Nc1ccccc1[N+](=O)[O-])CC(=O)c1ccco1. The normalized spacial score (nSPS) is 10.2. The van der Waals surface area contributed by atoms with E-state index in [1.807, 2.05) is 0 Å². The summed E-state index contributed by atoms with van der Waals surface area (Å²) in [5.41, 5.74) is -0.170. The molecule has 0 saturated carbocycles. The van der Waals surface area contributed by atoms with Gasteiger partial charge in [0.15, 0.2) is 5.76 Å². The Kier molecular flexibility index (Phi) is 5.56. The number of rotatable bonds is 8. The molecule has 1 aromatic heterocycles. The molecule has 0 aliphatic rings. The lowest BCUT2D eigenvalue weighted by molar-refractivity contribution is -0.383. The van der Waals surface area contributed by atoms with Crippen LogP contribution in [0.5, 0.6) is 0 Å². The molecule has 0 unspecified atom stereocenters. The minimum Gasteiger partial charge on any atom is -0.461 e. The average molecular weight is 330 g/mol. The Bertz CT molecular complexity index is 767. The van der Waals surface area contributed by atoms with Crippen LogP contribution in [0, 0.1) is 10.1 Å². The standard InChI is InChI=1S/C16H14N2O6/c19-11(10-14(20)15-6-3-9-24-15)7-8-16(21)17-12-4-1-2-5-13(12)18(22)23/h1-6,9H,7-8,10H2,(H,17,21). The van der Waals surface area contributed by atoms with E-state index in [1.54, 1.807) is 6.07 Å². The highest BCUT2D eigenvalue weighted by Crippen LogP contribution is 2.23. The fourth-order valence-corrected chi connectivity index (χ4v) is 2.00. The molecule has 24 heavy (non-hydrogen) atoms. The van der Waals surface area contributed by atoms with Crippen LogP contribution in [0.1, 0.15) is 29.8 Å². The van der Waals surface area contributed by atoms with Crippen molar-refractivity contribution >= 4 is 28.8 Å². The number of nitro groups is 1. The van der Waals surface area contributed by atoms with Crippen LogP contribution >= 0.6 is 0 Å². The topological polar surface area (TPSA) is 120 Å². The first kappa shape index (κ1) is 17.1. The number of anilines is 1. The van der Waals surface area contributed by atoms with Gasteiger partial charge in [0.2, 0.25) is 11.7 Å². The summed E-state index contributed by atoms with van der Waals surface area (Å²) in [6, 6.07) is 8.70. The lowest BCUT2D eigenvalue weighted by Gasteiger charge is -2.05. The van der Waals surface area contributed by atoms with Crippen LogP contribution in [0.2, 0.25) is 0 Å². The molecule has 8 heteroatoms. The largest absolute Gasteiger partial charge is 0.461 e. The van der Waals surface area contributed by atoms with Gasteiger partial charge in [0.05, 0.1) is 17.6 Å². The summed E-state index contributed by atoms with van der Waals surface area (Å²) >= 11 is 0. The number of amides is 1. The van der Waals surface area contributed by atoms with Crippen molar-refractivity contribution in [2.75, 3.05) is 5.32 Å². The molecule has 1 N–H and O–H groups in total. The third-order valence-electron chi connectivity index (χ3n) is 3.16. The number of carbonyl (C=O) groups is 3. The van der Waals surface area contributed by atoms with E-state index in [0.717, 1.165) is 0 Å². The lowest BCUT2D eigenvalue weighted by atomic mass is 10.1. The Morgan fingerprint density at radius 1 is 1.08 bits per heavy atom. The molecule has 0 aliphatic heterocycles. The van der Waals surface area contributed by atoms with Crippen LogP contribution in [0.4, 0.5) is 11.4 Å². The van der Waals surface area contributed by atoms with Gasteiger partial charge in [-0.25, -0.2) is 0 Å². The molecule has 0 radical (unpaired) electrons. The molecule has 1 aromatic carbocycles. The van der Waals surface area contributed by atoms with Gasteiger partial charge in [-0.15, -0.1) is 0 Å². The summed E-state index contributed by atoms with van der Waals surface area (Å²) in [4.78, 5) is 45.5. The van der Waals surface area contributed by atoms with Gasteiger partial charge in [0, 0.05) is 18.9 Å². The second-order valence-corrected chi connectivity index (χ2v) is 4.94. The molecule has 8 nitrogen and oxygen atoms in total. The molecule has 2 rings (SSSR count). The van der Waals surface area contributed by atoms with Crippen molar-refractivity contribution in [3.05, 3.63) is 58.5 Å². The number of nitro benzene ring substituents is 1. The van der Waals surface area contributed by atoms with Crippen molar-refractivity contribution in [2.24, 2.45) is 0 Å². The second kappa shape index (κ2) is 7.82. The van der Waals surface area contributed by atoms with Gasteiger partial charge < -0.3 is 9.73 Å². The third kappa shape index (κ3) is 4.60. The van der Waals surface area contributed by atoms with Crippen LogP contribution in [-0.4, -0.2) is 22.4 Å². The molecule has 0 aliphatic carbocycles. The van der Waals surface area contributed by atoms with Gasteiger partial charge in [-0.2, -0.15) is 0 Å². The van der Waals surface area contributed by atoms with Gasteiger partial charge in [0.1, 0.15) is 11.5 Å². The van der Waals surface area contributed by atoms with Crippen molar-refractivity contribution in [2.45, 2.75) is 19.3 Å². The van der Waals surface area contributed by atoms with Crippen molar-refractivity contribution in [3.8, 4) is 0 Å². The molecule has 2 aromatic rings. The highest BCUT2D eigenvalue weighted by Gasteiger charge is 2.17. The first-order valence-corrected chi connectivity index (χ1v) is 7.09. The van der Waals surface area contributed by atoms with E-state index < -0.39 is 22.4 Å². The number of hydrogen-bond acceptors (Lipinski definition) is 6. The number of nitrogens with zero attached hydrogens (tertiary/aromatic N) is 1. The van der Waals surface area contributed by atoms with Crippen molar-refractivity contribution in [1.29, 1.82) is 0 Å². The van der Waals surface area contributed by atoms with Crippen molar-refractivity contribution < 1.29 is 23.7 Å². The number of hydrogen-bond donors (Lipinski definition) is 1. The number of carbonyl (C=O) groups excluding carboxylic acids is 3. The maximum absolute atomic E-state index is 11.8. The third-order valence-corrected chi connectivity index (χ3v) is 3.16. The molecule has 124 valence electrons. The molecule has 0 atom stereocenters. The molecule has 1 heterocycles. The van der Waals surface area contributed by atoms with Gasteiger partial charge in [-0.3, -0.25) is 24.5 Å². The zero-order chi connectivity index (χ0) is 17.5. The number of nitrogens with one attached hydrogen (secondary N) is 1. The zero-order valence-electron chi connectivity index (χ0n) is 12.6. The van der Waals surface area contributed by atoms with Gasteiger partial charge in [0.25, 0.3) is 5.69 Å². The van der Waals surface area contributed by atoms with E-state index >= 15 is 0 Å². The van der Waals surface area contributed by atoms with Gasteiger partial charge in [-0.1, -0.05) is 12.1 Å². The number of furan rings is 1. The Labute approximate surface area is 136 Å². The fraction of sp³-hybridized carbons (Fsp3) is 0.188. The van der Waals surface area contributed by atoms with E-state index in [1.165, 1.54) is 36.6 Å². The highest BCUT2D eigenvalue weighted by atomic mass is 16.6. The van der Waals surface area contributed by atoms with Crippen LogP contribution in [0.15, 0.2) is 47.1 Å². The van der Waals surface area contributed by atoms with E-state index in [9.17, 15) is 24.5 Å². The van der Waals surface area contributed by atoms with Gasteiger partial charge in [-0.05, 0) is 18.2 Å². The summed E-state index contributed by atoms with van der Waals surface area (Å²) < 4.78 is 4.89. The summed E-state index contributed by atoms with van der Waals surface area (Å²) in [7, 11) is 0. The molecule has 0 saturated heterocycles. The number of para-hydroxylation sites is 2. The Morgan fingerprint density at radius 2 is 1.83 bits per heavy atom. The van der Waals surface area contributed by atoms with Crippen LogP contribution in [0.3, 0.4) is 0 Å². The monoisotopic (exact) mass is 330 g/mol. The highest BCUT2D eigenvalue weighted by molar-refractivity contribution is 6.07. The first-order valence-electron chi connectivity index (χ1n) is 7.09. The molecule has 1 amide bonds. The summed E-state index contributed by atoms with van der Waals surface area (Å²) in [6.45, 7) is 0. The molecule has 0 bridgehead atoms. The Morgan fingerprint density at radius 3 is 2.50 bits per heavy atom. The lowest BCUT2D eigenvalue weighted by Crippen LogP contribution is -2.15. The minimum absolute atomic E-state index is 0.0617. The predicted octanol–water partition coefficient (Wildman–Crippen LogP) is 2.75. The molecular weight excluding hydrogens is 316 g/mol. The predicted molar refractivity (Wildman–Crippen MR) is 83.6 cm³/mol. The Balaban J connectivity index is 1.84. The zero-order valence-corrected chi connectivity index (χ0v) is 12.6. The molecular formula is C16H14N2O6. The second-order valence-electron chi connectivity index (χ2n) is 4.94. The van der Waals surface area contributed by atoms with Crippen molar-refractivity contribution in [1.82, 2.24) is 0 Å². The van der Waals surface area contributed by atoms with E-state index in [4.69, 9.17) is 4.42 Å². The van der Waals surface area contributed by atoms with Crippen LogP contribution in [0.25, 0.3) is 0 Å². The smallest absolute Gasteiger partial charge is 0.292 e. The minimum atomic E-state index is -0.608. The summed E-state index contributed by atoms with van der Waals surface area (Å²) in [5.74, 6) is -1.31. The first-order chi connectivity index (χ1) is 11.5. The van der Waals surface area contributed by atoms with Crippen molar-refractivity contribution in [3.63, 3.8) is 0 Å². The Hall–Kier alpha value is -3.29. The maximum Gasteiger partial charge on any atom is 0.292 e. The molecule has 0 fully saturated rings. The fourth-order valence-electron chi connectivity index (χ4n) is 2.00. The summed E-state index contributed by atoms with van der Waals surface area (Å²) in [5, 5.41) is 13.2. The van der Waals surface area contributed by atoms with E-state index in [0.29, 0.717) is 0 Å². The van der Waals surface area contributed by atoms with Gasteiger partial charge >= 0.3 is 0 Å². The number of ketones is 2. The van der Waals surface area contributed by atoms with Crippen LogP contribution < -0.4 is 5.32 Å². The van der Waals surface area contributed by atoms with E-state index in [2.05, 4.69) is 5.32 Å². The number of Topliss-reactive ketones (excluding diaryl/α,β-unsaturated/α-hetero) is 2. The molecule has 0 spiro atoms. The maximum atomic E-state index is 11.8. The average Bonchev–Trinajstić information content (AvgIpc) is 3.08. The van der Waals surface area contributed by atoms with E-state index in [-0.39, 0.29) is 36.4 Å². The number of benzene rings is 1. The quantitative estimate of drug-likeness (QED) is 0.344. The van der Waals surface area contributed by atoms with Crippen LogP contribution in [-0.2, 0) is 9.59 Å². The summed E-state index contributed by atoms with van der Waals surface area (Å²) in [6.07, 6.45) is 0.666.